The zero-order valence-electron chi connectivity index (χ0n) is 17.4. The van der Waals surface area contributed by atoms with Gasteiger partial charge in [-0.25, -0.2) is 0 Å². The maximum atomic E-state index is 11.5. The van der Waals surface area contributed by atoms with E-state index >= 15 is 0 Å². The van der Waals surface area contributed by atoms with Crippen LogP contribution in [-0.2, 0) is 4.79 Å². The summed E-state index contributed by atoms with van der Waals surface area (Å²) in [6.45, 7) is 9.91. The minimum atomic E-state index is -0.724. The molecule has 1 saturated heterocycles. The highest BCUT2D eigenvalue weighted by molar-refractivity contribution is 5.72. The lowest BCUT2D eigenvalue weighted by molar-refractivity contribution is -0.142. The minimum absolute atomic E-state index is 0.343. The van der Waals surface area contributed by atoms with Gasteiger partial charge in [-0.3, -0.25) is 9.69 Å². The van der Waals surface area contributed by atoms with Crippen molar-refractivity contribution in [2.24, 2.45) is 11.8 Å². The van der Waals surface area contributed by atoms with Crippen LogP contribution in [0.25, 0.3) is 0 Å². The van der Waals surface area contributed by atoms with Crippen LogP contribution >= 0.6 is 0 Å². The average Bonchev–Trinajstić information content (AvgIpc) is 3.06. The SMILES string of the molecule is Cc1cccc(C2CC(N(C)C(C)C(=O)O)CC2CN2CCC(C)CC2)c1. The minimum Gasteiger partial charge on any atom is -0.480 e. The molecule has 1 aliphatic carbocycles. The van der Waals surface area contributed by atoms with Crippen LogP contribution in [0.3, 0.4) is 0 Å². The van der Waals surface area contributed by atoms with Crippen LogP contribution in [0.15, 0.2) is 24.3 Å². The van der Waals surface area contributed by atoms with Crippen molar-refractivity contribution in [2.75, 3.05) is 26.7 Å². The second-order valence-corrected chi connectivity index (χ2v) is 9.07. The van der Waals surface area contributed by atoms with Gasteiger partial charge in [0.05, 0.1) is 0 Å². The highest BCUT2D eigenvalue weighted by Crippen LogP contribution is 2.43. The first-order valence-electron chi connectivity index (χ1n) is 10.6. The Labute approximate surface area is 164 Å². The summed E-state index contributed by atoms with van der Waals surface area (Å²) in [5.41, 5.74) is 2.75. The van der Waals surface area contributed by atoms with Crippen molar-refractivity contribution < 1.29 is 9.90 Å². The van der Waals surface area contributed by atoms with Crippen molar-refractivity contribution in [3.05, 3.63) is 35.4 Å². The van der Waals surface area contributed by atoms with Gasteiger partial charge in [0.2, 0.25) is 0 Å². The third-order valence-electron chi connectivity index (χ3n) is 7.05. The van der Waals surface area contributed by atoms with E-state index in [4.69, 9.17) is 0 Å². The highest BCUT2D eigenvalue weighted by atomic mass is 16.4. The molecule has 0 spiro atoms. The van der Waals surface area contributed by atoms with Crippen molar-refractivity contribution in [1.82, 2.24) is 9.80 Å². The van der Waals surface area contributed by atoms with E-state index in [0.29, 0.717) is 17.9 Å². The predicted molar refractivity (Wildman–Crippen MR) is 110 cm³/mol. The molecule has 1 N–H and O–H groups in total. The van der Waals surface area contributed by atoms with Crippen molar-refractivity contribution in [1.29, 1.82) is 0 Å². The van der Waals surface area contributed by atoms with Crippen LogP contribution in [-0.4, -0.2) is 59.6 Å². The summed E-state index contributed by atoms with van der Waals surface area (Å²) in [6.07, 6.45) is 4.77. The van der Waals surface area contributed by atoms with Crippen molar-refractivity contribution in [2.45, 2.75) is 64.5 Å². The molecule has 4 nitrogen and oxygen atoms in total. The number of hydrogen-bond donors (Lipinski definition) is 1. The Bertz CT molecular complexity index is 639. The summed E-state index contributed by atoms with van der Waals surface area (Å²) in [4.78, 5) is 16.2. The molecule has 1 heterocycles. The molecule has 3 rings (SSSR count). The summed E-state index contributed by atoms with van der Waals surface area (Å²) in [7, 11) is 1.99. The van der Waals surface area contributed by atoms with Crippen LogP contribution in [0, 0.1) is 18.8 Å². The first-order valence-corrected chi connectivity index (χ1v) is 10.6. The Balaban J connectivity index is 1.75. The Morgan fingerprint density at radius 3 is 2.63 bits per heavy atom. The van der Waals surface area contributed by atoms with Gasteiger partial charge in [-0.1, -0.05) is 36.8 Å². The number of carbonyl (C=O) groups is 1. The number of carboxylic acid groups (broad SMARTS) is 1. The summed E-state index contributed by atoms with van der Waals surface area (Å²) in [5, 5.41) is 9.43. The van der Waals surface area contributed by atoms with E-state index in [0.717, 1.165) is 25.3 Å². The van der Waals surface area contributed by atoms with Crippen molar-refractivity contribution >= 4 is 5.97 Å². The van der Waals surface area contributed by atoms with E-state index in [1.165, 1.54) is 37.1 Å². The molecule has 0 bridgehead atoms. The molecule has 4 heteroatoms. The topological polar surface area (TPSA) is 43.8 Å². The number of carboxylic acids is 1. The summed E-state index contributed by atoms with van der Waals surface area (Å²) in [6, 6.07) is 8.85. The van der Waals surface area contributed by atoms with Crippen LogP contribution in [0.2, 0.25) is 0 Å². The number of hydrogen-bond acceptors (Lipinski definition) is 3. The quantitative estimate of drug-likeness (QED) is 0.820. The van der Waals surface area contributed by atoms with Crippen LogP contribution < -0.4 is 0 Å². The first kappa shape index (κ1) is 20.3. The largest absolute Gasteiger partial charge is 0.480 e. The lowest BCUT2D eigenvalue weighted by Crippen LogP contribution is -2.42. The van der Waals surface area contributed by atoms with Gasteiger partial charge >= 0.3 is 5.97 Å². The first-order chi connectivity index (χ1) is 12.8. The Morgan fingerprint density at radius 2 is 2.00 bits per heavy atom. The molecule has 0 amide bonds. The fraction of sp³-hybridized carbons (Fsp3) is 0.696. The molecule has 1 saturated carbocycles. The molecule has 2 fully saturated rings. The maximum Gasteiger partial charge on any atom is 0.320 e. The van der Waals surface area contributed by atoms with E-state index in [9.17, 15) is 9.90 Å². The van der Waals surface area contributed by atoms with Gasteiger partial charge in [0.25, 0.3) is 0 Å². The number of likely N-dealkylation sites (N-methyl/N-ethyl adjacent to an activating group) is 1. The van der Waals surface area contributed by atoms with Gasteiger partial charge in [-0.2, -0.15) is 0 Å². The lowest BCUT2D eigenvalue weighted by atomic mass is 9.87. The smallest absolute Gasteiger partial charge is 0.320 e. The molecule has 0 aromatic heterocycles. The van der Waals surface area contributed by atoms with Gasteiger partial charge in [0.1, 0.15) is 6.04 Å². The number of rotatable bonds is 6. The predicted octanol–water partition coefficient (Wildman–Crippen LogP) is 3.99. The summed E-state index contributed by atoms with van der Waals surface area (Å²) in [5.74, 6) is 1.26. The molecule has 2 aliphatic rings. The lowest BCUT2D eigenvalue weighted by Gasteiger charge is -2.34. The fourth-order valence-corrected chi connectivity index (χ4v) is 5.01. The monoisotopic (exact) mass is 372 g/mol. The zero-order valence-corrected chi connectivity index (χ0v) is 17.4. The zero-order chi connectivity index (χ0) is 19.6. The average molecular weight is 373 g/mol. The second-order valence-electron chi connectivity index (χ2n) is 9.07. The number of likely N-dealkylation sites (tertiary alicyclic amines) is 1. The van der Waals surface area contributed by atoms with E-state index in [-0.39, 0.29) is 0 Å². The molecule has 1 aliphatic heterocycles. The van der Waals surface area contributed by atoms with Gasteiger partial charge in [0.15, 0.2) is 0 Å². The summed E-state index contributed by atoms with van der Waals surface area (Å²) < 4.78 is 0. The second kappa shape index (κ2) is 8.74. The van der Waals surface area contributed by atoms with Gasteiger partial charge in [-0.15, -0.1) is 0 Å². The van der Waals surface area contributed by atoms with E-state index in [2.05, 4.69) is 47.9 Å². The number of piperidine rings is 1. The third kappa shape index (κ3) is 4.91. The van der Waals surface area contributed by atoms with Crippen molar-refractivity contribution in [3.8, 4) is 0 Å². The third-order valence-corrected chi connectivity index (χ3v) is 7.05. The maximum absolute atomic E-state index is 11.5. The number of nitrogens with zero attached hydrogens (tertiary/aromatic N) is 2. The van der Waals surface area contributed by atoms with Crippen LogP contribution in [0.4, 0.5) is 0 Å². The number of aliphatic carboxylic acids is 1. The standard InChI is InChI=1S/C23H36N2O2/c1-16-8-10-25(11-9-16)15-20-13-21(24(4)18(3)23(26)27)14-22(20)19-7-5-6-17(2)12-19/h5-7,12,16,18,20-22H,8-11,13-15H2,1-4H3,(H,26,27). The summed E-state index contributed by atoms with van der Waals surface area (Å²) >= 11 is 0. The molecule has 1 aromatic rings. The number of aryl methyl sites for hydroxylation is 1. The van der Waals surface area contributed by atoms with Gasteiger partial charge < -0.3 is 10.0 Å². The van der Waals surface area contributed by atoms with Crippen LogP contribution in [0.1, 0.15) is 56.6 Å². The molecule has 4 atom stereocenters. The van der Waals surface area contributed by atoms with E-state index < -0.39 is 12.0 Å². The molecule has 4 unspecified atom stereocenters. The van der Waals surface area contributed by atoms with Gasteiger partial charge in [-0.05, 0) is 83.0 Å². The Morgan fingerprint density at radius 1 is 1.30 bits per heavy atom. The molecular weight excluding hydrogens is 336 g/mol. The fourth-order valence-electron chi connectivity index (χ4n) is 5.01. The van der Waals surface area contributed by atoms with E-state index in [1.807, 2.05) is 14.0 Å². The van der Waals surface area contributed by atoms with E-state index in [1.54, 1.807) is 0 Å². The number of benzene rings is 1. The van der Waals surface area contributed by atoms with Crippen molar-refractivity contribution in [3.63, 3.8) is 0 Å². The molecule has 1 aromatic carbocycles. The normalized spacial score (nSPS) is 28.6. The van der Waals surface area contributed by atoms with Crippen LogP contribution in [0.5, 0.6) is 0 Å². The molecule has 27 heavy (non-hydrogen) atoms. The Hall–Kier alpha value is -1.39. The van der Waals surface area contributed by atoms with Gasteiger partial charge in [0, 0.05) is 12.6 Å². The molecule has 150 valence electrons. The molecule has 0 radical (unpaired) electrons. The highest BCUT2D eigenvalue weighted by Gasteiger charge is 2.40. The molecular formula is C23H36N2O2. The Kier molecular flexibility index (Phi) is 6.59.